The van der Waals surface area contributed by atoms with Gasteiger partial charge in [-0.3, -0.25) is 4.39 Å². The van der Waals surface area contributed by atoms with Gasteiger partial charge in [0.15, 0.2) is 0 Å². The highest BCUT2D eigenvalue weighted by Crippen LogP contribution is 2.12. The first kappa shape index (κ1) is 13.0. The molecular weight excluding hydrogens is 205 g/mol. The minimum atomic E-state index is -0.253. The fraction of sp³-hybridized carbons (Fsp3) is 0.538. The van der Waals surface area contributed by atoms with Gasteiger partial charge in [-0.25, -0.2) is 0 Å². The molecular formula is C13H20FNO. The van der Waals surface area contributed by atoms with Crippen molar-refractivity contribution >= 4 is 0 Å². The molecule has 0 spiro atoms. The highest BCUT2D eigenvalue weighted by molar-refractivity contribution is 5.27. The molecule has 90 valence electrons. The highest BCUT2D eigenvalue weighted by atomic mass is 19.1. The summed E-state index contributed by atoms with van der Waals surface area (Å²) in [7, 11) is 0. The van der Waals surface area contributed by atoms with Gasteiger partial charge in [-0.05, 0) is 37.1 Å². The number of alkyl halides is 1. The summed E-state index contributed by atoms with van der Waals surface area (Å²) < 4.78 is 17.3. The van der Waals surface area contributed by atoms with E-state index in [9.17, 15) is 4.39 Å². The predicted octanol–water partition coefficient (Wildman–Crippen LogP) is 2.92. The van der Waals surface area contributed by atoms with Crippen LogP contribution in [-0.2, 0) is 6.54 Å². The standard InChI is InChI=1S/C13H20FNO/c1-2-10-16-13-6-4-12(5-7-13)11-15-9-3-8-14/h4-7,15H,2-3,8-11H2,1H3. The molecule has 0 radical (unpaired) electrons. The number of hydrogen-bond donors (Lipinski definition) is 1. The van der Waals surface area contributed by atoms with Crippen LogP contribution >= 0.6 is 0 Å². The Bertz CT molecular complexity index is 274. The Morgan fingerprint density at radius 2 is 2.00 bits per heavy atom. The molecule has 0 unspecified atom stereocenters. The van der Waals surface area contributed by atoms with Crippen LogP contribution in [0.4, 0.5) is 4.39 Å². The van der Waals surface area contributed by atoms with Crippen LogP contribution in [0.1, 0.15) is 25.3 Å². The lowest BCUT2D eigenvalue weighted by molar-refractivity contribution is 0.317. The molecule has 0 heterocycles. The molecule has 1 aromatic carbocycles. The van der Waals surface area contributed by atoms with Gasteiger partial charge in [0.2, 0.25) is 0 Å². The van der Waals surface area contributed by atoms with Crippen molar-refractivity contribution in [2.45, 2.75) is 26.3 Å². The van der Waals surface area contributed by atoms with E-state index in [4.69, 9.17) is 4.74 Å². The molecule has 0 bridgehead atoms. The van der Waals surface area contributed by atoms with E-state index in [0.29, 0.717) is 6.42 Å². The van der Waals surface area contributed by atoms with Crippen molar-refractivity contribution in [1.29, 1.82) is 0 Å². The zero-order chi connectivity index (χ0) is 11.6. The monoisotopic (exact) mass is 225 g/mol. The maximum Gasteiger partial charge on any atom is 0.119 e. The van der Waals surface area contributed by atoms with E-state index in [1.54, 1.807) is 0 Å². The molecule has 0 aromatic heterocycles. The lowest BCUT2D eigenvalue weighted by atomic mass is 10.2. The van der Waals surface area contributed by atoms with Gasteiger partial charge in [0, 0.05) is 6.54 Å². The summed E-state index contributed by atoms with van der Waals surface area (Å²) in [6.07, 6.45) is 1.60. The summed E-state index contributed by atoms with van der Waals surface area (Å²) in [6.45, 7) is 4.10. The molecule has 0 aliphatic rings. The van der Waals surface area contributed by atoms with Crippen LogP contribution in [0, 0.1) is 0 Å². The van der Waals surface area contributed by atoms with Crippen LogP contribution in [0.15, 0.2) is 24.3 Å². The molecule has 0 saturated carbocycles. The summed E-state index contributed by atoms with van der Waals surface area (Å²) in [6, 6.07) is 8.02. The second kappa shape index (κ2) is 8.11. The summed E-state index contributed by atoms with van der Waals surface area (Å²) >= 11 is 0. The van der Waals surface area contributed by atoms with Crippen LogP contribution in [0.3, 0.4) is 0 Å². The van der Waals surface area contributed by atoms with E-state index in [0.717, 1.165) is 31.9 Å². The topological polar surface area (TPSA) is 21.3 Å². The van der Waals surface area contributed by atoms with E-state index in [1.165, 1.54) is 5.56 Å². The molecule has 0 fully saturated rings. The maximum atomic E-state index is 11.8. The zero-order valence-corrected chi connectivity index (χ0v) is 9.84. The SMILES string of the molecule is CCCOc1ccc(CNCCCF)cc1. The van der Waals surface area contributed by atoms with Gasteiger partial charge < -0.3 is 10.1 Å². The van der Waals surface area contributed by atoms with Crippen LogP contribution in [-0.4, -0.2) is 19.8 Å². The van der Waals surface area contributed by atoms with Crippen LogP contribution in [0.2, 0.25) is 0 Å². The maximum absolute atomic E-state index is 11.8. The Balaban J connectivity index is 2.27. The smallest absolute Gasteiger partial charge is 0.119 e. The summed E-state index contributed by atoms with van der Waals surface area (Å²) in [4.78, 5) is 0. The van der Waals surface area contributed by atoms with E-state index < -0.39 is 0 Å². The molecule has 0 aliphatic heterocycles. The van der Waals surface area contributed by atoms with Crippen molar-refractivity contribution in [2.75, 3.05) is 19.8 Å². The first-order valence-corrected chi connectivity index (χ1v) is 5.85. The molecule has 3 heteroatoms. The van der Waals surface area contributed by atoms with Gasteiger partial charge in [-0.15, -0.1) is 0 Å². The van der Waals surface area contributed by atoms with Crippen molar-refractivity contribution in [3.05, 3.63) is 29.8 Å². The molecule has 0 atom stereocenters. The van der Waals surface area contributed by atoms with Crippen molar-refractivity contribution in [3.8, 4) is 5.75 Å². The van der Waals surface area contributed by atoms with E-state index in [1.807, 2.05) is 24.3 Å². The van der Waals surface area contributed by atoms with Gasteiger partial charge >= 0.3 is 0 Å². The lowest BCUT2D eigenvalue weighted by Gasteiger charge is -2.06. The molecule has 1 aromatic rings. The predicted molar refractivity (Wildman–Crippen MR) is 64.5 cm³/mol. The van der Waals surface area contributed by atoms with Gasteiger partial charge in [0.1, 0.15) is 5.75 Å². The molecule has 1 rings (SSSR count). The zero-order valence-electron chi connectivity index (χ0n) is 9.84. The first-order chi connectivity index (χ1) is 7.86. The fourth-order valence-electron chi connectivity index (χ4n) is 1.35. The largest absolute Gasteiger partial charge is 0.494 e. The van der Waals surface area contributed by atoms with Gasteiger partial charge in [0.05, 0.1) is 13.3 Å². The Morgan fingerprint density at radius 3 is 2.62 bits per heavy atom. The van der Waals surface area contributed by atoms with Gasteiger partial charge in [-0.2, -0.15) is 0 Å². The van der Waals surface area contributed by atoms with Crippen LogP contribution < -0.4 is 10.1 Å². The van der Waals surface area contributed by atoms with E-state index in [-0.39, 0.29) is 6.67 Å². The number of ether oxygens (including phenoxy) is 1. The van der Waals surface area contributed by atoms with Crippen molar-refractivity contribution < 1.29 is 9.13 Å². The third kappa shape index (κ3) is 5.12. The number of halogens is 1. The lowest BCUT2D eigenvalue weighted by Crippen LogP contribution is -2.14. The van der Waals surface area contributed by atoms with Crippen LogP contribution in [0.5, 0.6) is 5.75 Å². The average Bonchev–Trinajstić information content (AvgIpc) is 2.33. The Hall–Kier alpha value is -1.09. The average molecular weight is 225 g/mol. The third-order valence-electron chi connectivity index (χ3n) is 2.21. The quantitative estimate of drug-likeness (QED) is 0.687. The number of benzene rings is 1. The fourth-order valence-corrected chi connectivity index (χ4v) is 1.35. The Labute approximate surface area is 96.8 Å². The second-order valence-electron chi connectivity index (χ2n) is 3.71. The summed E-state index contributed by atoms with van der Waals surface area (Å²) in [5.74, 6) is 0.911. The molecule has 0 amide bonds. The number of rotatable bonds is 8. The molecule has 0 aliphatic carbocycles. The Kier molecular flexibility index (Phi) is 6.58. The summed E-state index contributed by atoms with van der Waals surface area (Å²) in [5, 5.41) is 3.18. The minimum Gasteiger partial charge on any atom is -0.494 e. The van der Waals surface area contributed by atoms with Crippen molar-refractivity contribution in [2.24, 2.45) is 0 Å². The summed E-state index contributed by atoms with van der Waals surface area (Å²) in [5.41, 5.74) is 1.20. The van der Waals surface area contributed by atoms with Gasteiger partial charge in [-0.1, -0.05) is 19.1 Å². The van der Waals surface area contributed by atoms with Gasteiger partial charge in [0.25, 0.3) is 0 Å². The van der Waals surface area contributed by atoms with Crippen LogP contribution in [0.25, 0.3) is 0 Å². The first-order valence-electron chi connectivity index (χ1n) is 5.85. The van der Waals surface area contributed by atoms with E-state index >= 15 is 0 Å². The highest BCUT2D eigenvalue weighted by Gasteiger charge is 1.95. The second-order valence-corrected chi connectivity index (χ2v) is 3.71. The number of hydrogen-bond acceptors (Lipinski definition) is 2. The molecule has 0 saturated heterocycles. The Morgan fingerprint density at radius 1 is 1.25 bits per heavy atom. The van der Waals surface area contributed by atoms with Crippen molar-refractivity contribution in [3.63, 3.8) is 0 Å². The number of nitrogens with one attached hydrogen (secondary N) is 1. The third-order valence-corrected chi connectivity index (χ3v) is 2.21. The van der Waals surface area contributed by atoms with E-state index in [2.05, 4.69) is 12.2 Å². The molecule has 1 N–H and O–H groups in total. The minimum absolute atomic E-state index is 0.253. The van der Waals surface area contributed by atoms with Crippen molar-refractivity contribution in [1.82, 2.24) is 5.32 Å². The molecule has 16 heavy (non-hydrogen) atoms. The molecule has 2 nitrogen and oxygen atoms in total. The normalized spacial score (nSPS) is 10.4.